The molecule has 0 radical (unpaired) electrons. The molecule has 1 fully saturated rings. The number of nitrogens with one attached hydrogen (secondary N) is 2. The van der Waals surface area contributed by atoms with Gasteiger partial charge in [-0.05, 0) is 30.5 Å². The number of urea groups is 1. The van der Waals surface area contributed by atoms with Crippen molar-refractivity contribution in [2.75, 3.05) is 14.2 Å². The van der Waals surface area contributed by atoms with Gasteiger partial charge in [0.2, 0.25) is 0 Å². The maximum absolute atomic E-state index is 12.1. The molecule has 1 saturated carbocycles. The maximum atomic E-state index is 12.1. The van der Waals surface area contributed by atoms with Crippen LogP contribution >= 0.6 is 0 Å². The zero-order chi connectivity index (χ0) is 17.4. The average Bonchev–Trinajstić information content (AvgIpc) is 2.87. The van der Waals surface area contributed by atoms with E-state index < -0.39 is 5.97 Å². The van der Waals surface area contributed by atoms with Gasteiger partial charge < -0.3 is 20.1 Å². The molecular weight excluding hydrogens is 308 g/mol. The Balaban J connectivity index is 1.91. The Morgan fingerprint density at radius 2 is 1.83 bits per heavy atom. The number of carbonyl (C=O) groups is 2. The van der Waals surface area contributed by atoms with E-state index in [9.17, 15) is 9.59 Å². The summed E-state index contributed by atoms with van der Waals surface area (Å²) in [4.78, 5) is 23.8. The molecule has 2 amide bonds. The molecule has 1 aromatic carbocycles. The third-order valence-electron chi connectivity index (χ3n) is 4.31. The topological polar surface area (TPSA) is 76.7 Å². The van der Waals surface area contributed by atoms with Crippen LogP contribution in [0.5, 0.6) is 5.75 Å². The molecule has 0 aromatic heterocycles. The second kappa shape index (κ2) is 9.15. The summed E-state index contributed by atoms with van der Waals surface area (Å²) in [5.41, 5.74) is 1.16. The first-order valence-electron chi connectivity index (χ1n) is 8.43. The molecule has 1 aliphatic rings. The highest BCUT2D eigenvalue weighted by Crippen LogP contribution is 2.21. The Morgan fingerprint density at radius 3 is 2.46 bits per heavy atom. The first-order chi connectivity index (χ1) is 11.6. The Labute approximate surface area is 142 Å². The predicted molar refractivity (Wildman–Crippen MR) is 91.2 cm³/mol. The van der Waals surface area contributed by atoms with Crippen molar-refractivity contribution in [3.8, 4) is 5.75 Å². The molecule has 0 bridgehead atoms. The molecule has 2 N–H and O–H groups in total. The number of carbonyl (C=O) groups excluding carboxylic acids is 2. The standard InChI is InChI=1S/C18H26N2O4/c1-23-16-10-9-13(11-15(16)17(21)24-2)12-19-18(22)20-14-7-5-3-4-6-8-14/h9-11,14H,3-8,12H2,1-2H3,(H2,19,20,22). The summed E-state index contributed by atoms with van der Waals surface area (Å²) in [6.07, 6.45) is 6.94. The van der Waals surface area contributed by atoms with Gasteiger partial charge in [-0.3, -0.25) is 0 Å². The van der Waals surface area contributed by atoms with E-state index in [0.29, 0.717) is 17.9 Å². The highest BCUT2D eigenvalue weighted by Gasteiger charge is 2.16. The number of ether oxygens (including phenoxy) is 2. The van der Waals surface area contributed by atoms with Gasteiger partial charge in [-0.15, -0.1) is 0 Å². The maximum Gasteiger partial charge on any atom is 0.341 e. The van der Waals surface area contributed by atoms with E-state index in [4.69, 9.17) is 9.47 Å². The molecule has 2 rings (SSSR count). The smallest absolute Gasteiger partial charge is 0.341 e. The molecule has 0 spiro atoms. The summed E-state index contributed by atoms with van der Waals surface area (Å²) in [6.45, 7) is 0.340. The van der Waals surface area contributed by atoms with Gasteiger partial charge in [0.1, 0.15) is 11.3 Å². The number of hydrogen-bond acceptors (Lipinski definition) is 4. The van der Waals surface area contributed by atoms with Crippen molar-refractivity contribution >= 4 is 12.0 Å². The molecule has 6 heteroatoms. The van der Waals surface area contributed by atoms with Gasteiger partial charge in [-0.25, -0.2) is 9.59 Å². The summed E-state index contributed by atoms with van der Waals surface area (Å²) in [5, 5.41) is 5.88. The molecule has 0 atom stereocenters. The fraction of sp³-hybridized carbons (Fsp3) is 0.556. The van der Waals surface area contributed by atoms with E-state index in [-0.39, 0.29) is 12.1 Å². The fourth-order valence-corrected chi connectivity index (χ4v) is 2.98. The van der Waals surface area contributed by atoms with Gasteiger partial charge >= 0.3 is 12.0 Å². The molecule has 132 valence electrons. The van der Waals surface area contributed by atoms with Crippen LogP contribution in [0.25, 0.3) is 0 Å². The monoisotopic (exact) mass is 334 g/mol. The van der Waals surface area contributed by atoms with Crippen LogP contribution in [0.15, 0.2) is 18.2 Å². The van der Waals surface area contributed by atoms with Crippen molar-refractivity contribution in [1.29, 1.82) is 0 Å². The summed E-state index contributed by atoms with van der Waals surface area (Å²) < 4.78 is 9.91. The van der Waals surface area contributed by atoms with E-state index in [1.165, 1.54) is 39.9 Å². The molecule has 1 aliphatic carbocycles. The lowest BCUT2D eigenvalue weighted by molar-refractivity contribution is 0.0597. The SMILES string of the molecule is COC(=O)c1cc(CNC(=O)NC2CCCCCC2)ccc1OC. The van der Waals surface area contributed by atoms with Crippen LogP contribution in [-0.2, 0) is 11.3 Å². The molecule has 0 heterocycles. The van der Waals surface area contributed by atoms with E-state index in [1.807, 2.05) is 6.07 Å². The zero-order valence-corrected chi connectivity index (χ0v) is 14.4. The van der Waals surface area contributed by atoms with Crippen LogP contribution in [-0.4, -0.2) is 32.3 Å². The second-order valence-electron chi connectivity index (χ2n) is 6.04. The number of amides is 2. The number of esters is 1. The summed E-state index contributed by atoms with van der Waals surface area (Å²) in [6, 6.07) is 5.28. The van der Waals surface area contributed by atoms with Crippen molar-refractivity contribution in [1.82, 2.24) is 10.6 Å². The molecule has 0 unspecified atom stereocenters. The summed E-state index contributed by atoms with van der Waals surface area (Å²) in [5.74, 6) is -0.00915. The first-order valence-corrected chi connectivity index (χ1v) is 8.43. The Kier molecular flexibility index (Phi) is 6.90. The van der Waals surface area contributed by atoms with Crippen molar-refractivity contribution < 1.29 is 19.1 Å². The zero-order valence-electron chi connectivity index (χ0n) is 14.4. The first kappa shape index (κ1) is 18.1. The normalized spacial score (nSPS) is 15.2. The van der Waals surface area contributed by atoms with Gasteiger partial charge in [0.25, 0.3) is 0 Å². The Bertz CT molecular complexity index is 566. The van der Waals surface area contributed by atoms with Crippen LogP contribution in [0.3, 0.4) is 0 Å². The molecule has 6 nitrogen and oxygen atoms in total. The van der Waals surface area contributed by atoms with Gasteiger partial charge in [0, 0.05) is 12.6 Å². The number of hydrogen-bond donors (Lipinski definition) is 2. The van der Waals surface area contributed by atoms with Crippen LogP contribution in [0.2, 0.25) is 0 Å². The third-order valence-corrected chi connectivity index (χ3v) is 4.31. The second-order valence-corrected chi connectivity index (χ2v) is 6.04. The minimum atomic E-state index is -0.461. The molecule has 24 heavy (non-hydrogen) atoms. The Morgan fingerprint density at radius 1 is 1.12 bits per heavy atom. The van der Waals surface area contributed by atoms with Crippen molar-refractivity contribution in [3.63, 3.8) is 0 Å². The quantitative estimate of drug-likeness (QED) is 0.641. The van der Waals surface area contributed by atoms with Crippen molar-refractivity contribution in [3.05, 3.63) is 29.3 Å². The number of benzene rings is 1. The Hall–Kier alpha value is -2.24. The number of methoxy groups -OCH3 is 2. The van der Waals surface area contributed by atoms with E-state index in [1.54, 1.807) is 12.1 Å². The lowest BCUT2D eigenvalue weighted by Gasteiger charge is -2.17. The van der Waals surface area contributed by atoms with E-state index >= 15 is 0 Å². The fourth-order valence-electron chi connectivity index (χ4n) is 2.98. The van der Waals surface area contributed by atoms with Crippen molar-refractivity contribution in [2.24, 2.45) is 0 Å². The lowest BCUT2D eigenvalue weighted by atomic mass is 10.1. The highest BCUT2D eigenvalue weighted by molar-refractivity contribution is 5.92. The van der Waals surface area contributed by atoms with Crippen LogP contribution in [0.4, 0.5) is 4.79 Å². The molecule has 1 aromatic rings. The number of rotatable bonds is 5. The van der Waals surface area contributed by atoms with Crippen LogP contribution < -0.4 is 15.4 Å². The molecular formula is C18H26N2O4. The lowest BCUT2D eigenvalue weighted by Crippen LogP contribution is -2.41. The largest absolute Gasteiger partial charge is 0.496 e. The molecule has 0 aliphatic heterocycles. The van der Waals surface area contributed by atoms with Crippen LogP contribution in [0.1, 0.15) is 54.4 Å². The highest BCUT2D eigenvalue weighted by atomic mass is 16.5. The van der Waals surface area contributed by atoms with Gasteiger partial charge in [0.15, 0.2) is 0 Å². The van der Waals surface area contributed by atoms with Gasteiger partial charge in [-0.2, -0.15) is 0 Å². The minimum absolute atomic E-state index is 0.169. The minimum Gasteiger partial charge on any atom is -0.496 e. The van der Waals surface area contributed by atoms with Gasteiger partial charge in [-0.1, -0.05) is 31.7 Å². The van der Waals surface area contributed by atoms with E-state index in [2.05, 4.69) is 10.6 Å². The summed E-state index contributed by atoms with van der Waals surface area (Å²) >= 11 is 0. The van der Waals surface area contributed by atoms with Crippen molar-refractivity contribution in [2.45, 2.75) is 51.1 Å². The predicted octanol–water partition coefficient (Wildman–Crippen LogP) is 3.00. The van der Waals surface area contributed by atoms with Gasteiger partial charge in [0.05, 0.1) is 14.2 Å². The average molecular weight is 334 g/mol. The summed E-state index contributed by atoms with van der Waals surface area (Å²) in [7, 11) is 2.83. The van der Waals surface area contributed by atoms with Crippen LogP contribution in [0, 0.1) is 0 Å². The molecule has 0 saturated heterocycles. The third kappa shape index (κ3) is 5.15. The van der Waals surface area contributed by atoms with E-state index in [0.717, 1.165) is 18.4 Å².